The van der Waals surface area contributed by atoms with Crippen LogP contribution in [0.15, 0.2) is 224 Å². The molecule has 1 nitrogen and oxygen atoms in total. The van der Waals surface area contributed by atoms with Crippen LogP contribution in [-0.4, -0.2) is 0 Å². The number of hydrogen-bond acceptors (Lipinski definition) is 1. The average Bonchev–Trinajstić information content (AvgIpc) is 3.29. The van der Waals surface area contributed by atoms with Gasteiger partial charge in [0.2, 0.25) is 0 Å². The third-order valence-corrected chi connectivity index (χ3v) is 11.6. The smallest absolute Gasteiger partial charge is 0.0468 e. The number of benzene rings is 11. The molecular weight excluding hydrogens is 687 g/mol. The largest absolute Gasteiger partial charge is 0.310 e. The predicted molar refractivity (Wildman–Crippen MR) is 245 cm³/mol. The lowest BCUT2D eigenvalue weighted by Crippen LogP contribution is -2.10. The maximum Gasteiger partial charge on any atom is 0.0468 e. The van der Waals surface area contributed by atoms with E-state index in [1.54, 1.807) is 0 Å². The molecule has 0 bridgehead atoms. The van der Waals surface area contributed by atoms with Crippen molar-refractivity contribution in [1.82, 2.24) is 0 Å². The minimum absolute atomic E-state index is 1.10. The highest BCUT2D eigenvalue weighted by Gasteiger charge is 2.20. The van der Waals surface area contributed by atoms with E-state index in [1.807, 2.05) is 0 Å². The normalized spacial score (nSPS) is 11.5. The van der Waals surface area contributed by atoms with Gasteiger partial charge in [0.05, 0.1) is 0 Å². The second-order valence-corrected chi connectivity index (χ2v) is 14.9. The van der Waals surface area contributed by atoms with Crippen molar-refractivity contribution in [2.24, 2.45) is 0 Å². The molecule has 0 unspecified atom stereocenters. The topological polar surface area (TPSA) is 3.24 Å². The quantitative estimate of drug-likeness (QED) is 0.154. The fraction of sp³-hybridized carbons (Fsp3) is 0. The lowest BCUT2D eigenvalue weighted by molar-refractivity contribution is 1.29. The van der Waals surface area contributed by atoms with Gasteiger partial charge in [-0.15, -0.1) is 0 Å². The Kier molecular flexibility index (Phi) is 7.89. The first kappa shape index (κ1) is 32.9. The Morgan fingerprint density at radius 3 is 1.44 bits per heavy atom. The first-order valence-corrected chi connectivity index (χ1v) is 19.7. The van der Waals surface area contributed by atoms with Crippen LogP contribution in [0.25, 0.3) is 87.2 Å². The van der Waals surface area contributed by atoms with E-state index in [0.29, 0.717) is 0 Å². The zero-order chi connectivity index (χ0) is 37.7. The summed E-state index contributed by atoms with van der Waals surface area (Å²) in [6.45, 7) is 0. The zero-order valence-electron chi connectivity index (χ0n) is 31.3. The van der Waals surface area contributed by atoms with Crippen LogP contribution < -0.4 is 4.90 Å². The molecule has 0 radical (unpaired) electrons. The van der Waals surface area contributed by atoms with Crippen molar-refractivity contribution in [3.8, 4) is 33.4 Å². The Morgan fingerprint density at radius 2 is 0.684 bits per heavy atom. The molecule has 0 spiro atoms. The highest BCUT2D eigenvalue weighted by molar-refractivity contribution is 6.22. The molecule has 1 heteroatoms. The van der Waals surface area contributed by atoms with Crippen LogP contribution in [0, 0.1) is 0 Å². The Hall–Kier alpha value is -7.48. The average molecular weight is 724 g/mol. The lowest BCUT2D eigenvalue weighted by Gasteiger charge is -2.27. The van der Waals surface area contributed by atoms with E-state index in [-0.39, 0.29) is 0 Å². The van der Waals surface area contributed by atoms with Crippen molar-refractivity contribution >= 4 is 70.9 Å². The minimum atomic E-state index is 1.10. The second kappa shape index (κ2) is 13.7. The van der Waals surface area contributed by atoms with Crippen LogP contribution in [0.3, 0.4) is 0 Å². The summed E-state index contributed by atoms with van der Waals surface area (Å²) in [5.41, 5.74) is 10.6. The van der Waals surface area contributed by atoms with Crippen LogP contribution in [0.4, 0.5) is 17.1 Å². The molecule has 0 N–H and O–H groups in total. The molecule has 11 aromatic carbocycles. The van der Waals surface area contributed by atoms with E-state index in [0.717, 1.165) is 17.1 Å². The van der Waals surface area contributed by atoms with Crippen molar-refractivity contribution in [2.45, 2.75) is 0 Å². The Bertz CT molecular complexity index is 3270. The van der Waals surface area contributed by atoms with Gasteiger partial charge in [-0.2, -0.15) is 0 Å². The Morgan fingerprint density at radius 1 is 0.211 bits per heavy atom. The molecule has 0 amide bonds. The van der Waals surface area contributed by atoms with Gasteiger partial charge in [0, 0.05) is 17.1 Å². The number of hydrogen-bond donors (Lipinski definition) is 0. The van der Waals surface area contributed by atoms with Crippen LogP contribution in [-0.2, 0) is 0 Å². The lowest BCUT2D eigenvalue weighted by atomic mass is 9.85. The van der Waals surface area contributed by atoms with Gasteiger partial charge in [-0.1, -0.05) is 182 Å². The van der Waals surface area contributed by atoms with Gasteiger partial charge >= 0.3 is 0 Å². The molecule has 0 aliphatic carbocycles. The summed E-state index contributed by atoms with van der Waals surface area (Å²) in [6, 6.07) is 82.1. The summed E-state index contributed by atoms with van der Waals surface area (Å²) in [7, 11) is 0. The van der Waals surface area contributed by atoms with Crippen molar-refractivity contribution in [3.63, 3.8) is 0 Å². The van der Waals surface area contributed by atoms with E-state index in [9.17, 15) is 0 Å². The molecule has 266 valence electrons. The SMILES string of the molecule is c1ccc(-c2c(-c3ccccc3)c3cc(N(c4ccc(-c5ccc6c(ccc7ccccc76)c5)cc4)c4ccc5ccccc5c4)ccc3c3ccccc23)cc1. The summed E-state index contributed by atoms with van der Waals surface area (Å²) in [6.07, 6.45) is 0. The summed E-state index contributed by atoms with van der Waals surface area (Å²) < 4.78 is 0. The Labute approximate surface area is 332 Å². The molecule has 11 aromatic rings. The van der Waals surface area contributed by atoms with Crippen LogP contribution >= 0.6 is 0 Å². The molecule has 0 atom stereocenters. The van der Waals surface area contributed by atoms with E-state index in [4.69, 9.17) is 0 Å². The molecule has 0 saturated carbocycles. The van der Waals surface area contributed by atoms with E-state index in [1.165, 1.54) is 87.2 Å². The third kappa shape index (κ3) is 5.72. The highest BCUT2D eigenvalue weighted by atomic mass is 15.1. The zero-order valence-corrected chi connectivity index (χ0v) is 31.3. The van der Waals surface area contributed by atoms with Gasteiger partial charge in [-0.05, 0) is 130 Å². The van der Waals surface area contributed by atoms with Crippen LogP contribution in [0.1, 0.15) is 0 Å². The fourth-order valence-electron chi connectivity index (χ4n) is 8.89. The monoisotopic (exact) mass is 723 g/mol. The molecule has 0 aliphatic rings. The molecule has 0 fully saturated rings. The summed E-state index contributed by atoms with van der Waals surface area (Å²) >= 11 is 0. The number of anilines is 3. The standard InChI is InChI=1S/C56H37N/c1-3-15-41(16-4-1)55-53-22-12-11-21-51(53)52-34-32-48(37-54(52)56(55)42-17-5-2-6-18-42)57(47-31-27-38-13-7-8-19-43(38)36-47)46-29-25-39(26-30-46)44-28-33-50-45(35-44)24-23-40-14-9-10-20-49(40)50/h1-37H. The molecule has 57 heavy (non-hydrogen) atoms. The second-order valence-electron chi connectivity index (χ2n) is 14.9. The first-order valence-electron chi connectivity index (χ1n) is 19.7. The van der Waals surface area contributed by atoms with Crippen molar-refractivity contribution in [3.05, 3.63) is 224 Å². The van der Waals surface area contributed by atoms with Gasteiger partial charge in [0.1, 0.15) is 0 Å². The van der Waals surface area contributed by atoms with Crippen LogP contribution in [0.2, 0.25) is 0 Å². The molecule has 0 saturated heterocycles. The summed E-state index contributed by atoms with van der Waals surface area (Å²) in [4.78, 5) is 2.41. The van der Waals surface area contributed by atoms with E-state index < -0.39 is 0 Å². The number of nitrogens with zero attached hydrogens (tertiary/aromatic N) is 1. The first-order chi connectivity index (χ1) is 28.3. The molecule has 11 rings (SSSR count). The van der Waals surface area contributed by atoms with E-state index in [2.05, 4.69) is 229 Å². The van der Waals surface area contributed by atoms with Gasteiger partial charge < -0.3 is 4.90 Å². The van der Waals surface area contributed by atoms with Gasteiger partial charge in [-0.3, -0.25) is 0 Å². The maximum atomic E-state index is 2.41. The van der Waals surface area contributed by atoms with Gasteiger partial charge in [0.15, 0.2) is 0 Å². The summed E-state index contributed by atoms with van der Waals surface area (Å²) in [5, 5.41) is 12.5. The molecule has 0 aliphatic heterocycles. The molecular formula is C56H37N. The van der Waals surface area contributed by atoms with Crippen LogP contribution in [0.5, 0.6) is 0 Å². The fourth-order valence-corrected chi connectivity index (χ4v) is 8.89. The Balaban J connectivity index is 1.12. The molecule has 0 aromatic heterocycles. The molecule has 0 heterocycles. The predicted octanol–water partition coefficient (Wildman–Crippen LogP) is 15.9. The maximum absolute atomic E-state index is 2.41. The van der Waals surface area contributed by atoms with Gasteiger partial charge in [0.25, 0.3) is 0 Å². The number of fused-ring (bicyclic) bond motifs is 7. The third-order valence-electron chi connectivity index (χ3n) is 11.6. The minimum Gasteiger partial charge on any atom is -0.310 e. The van der Waals surface area contributed by atoms with Crippen molar-refractivity contribution < 1.29 is 0 Å². The van der Waals surface area contributed by atoms with Crippen molar-refractivity contribution in [2.75, 3.05) is 4.90 Å². The summed E-state index contributed by atoms with van der Waals surface area (Å²) in [5.74, 6) is 0. The van der Waals surface area contributed by atoms with Crippen molar-refractivity contribution in [1.29, 1.82) is 0 Å². The number of rotatable bonds is 6. The van der Waals surface area contributed by atoms with Gasteiger partial charge in [-0.25, -0.2) is 0 Å². The highest BCUT2D eigenvalue weighted by Crippen LogP contribution is 2.47. The van der Waals surface area contributed by atoms with E-state index >= 15 is 0 Å².